The number of carbonyl (C=O) groups is 2. The van der Waals surface area contributed by atoms with E-state index < -0.39 is 0 Å². The largest absolute Gasteiger partial charge is 0.491 e. The molecule has 0 spiro atoms. The van der Waals surface area contributed by atoms with Crippen molar-refractivity contribution in [3.05, 3.63) is 29.8 Å². The van der Waals surface area contributed by atoms with Crippen LogP contribution < -0.4 is 4.74 Å². The van der Waals surface area contributed by atoms with Crippen molar-refractivity contribution in [2.75, 3.05) is 92.5 Å². The van der Waals surface area contributed by atoms with E-state index in [4.69, 9.17) is 37.9 Å². The molecule has 0 saturated carbocycles. The van der Waals surface area contributed by atoms with Gasteiger partial charge in [-0.15, -0.1) is 0 Å². The SMILES string of the molecule is CCCCC(CC)C(=O)OCCOCCOCCOCCOCCOCCOCCOc1ccc(C=O)cc1. The van der Waals surface area contributed by atoms with E-state index in [1.54, 1.807) is 24.3 Å². The summed E-state index contributed by atoms with van der Waals surface area (Å²) in [5.74, 6) is 0.579. The van der Waals surface area contributed by atoms with Crippen molar-refractivity contribution in [2.24, 2.45) is 5.92 Å². The van der Waals surface area contributed by atoms with Crippen molar-refractivity contribution >= 4 is 12.3 Å². The number of esters is 1. The number of unbranched alkanes of at least 4 members (excludes halogenated alkanes) is 1. The fraction of sp³-hybridized carbons (Fsp3) is 0.724. The van der Waals surface area contributed by atoms with Crippen LogP contribution in [0.1, 0.15) is 49.9 Å². The molecule has 0 fully saturated rings. The first-order valence-corrected chi connectivity index (χ1v) is 14.0. The molecule has 0 aromatic heterocycles. The molecule has 0 aliphatic heterocycles. The van der Waals surface area contributed by atoms with Gasteiger partial charge in [0.05, 0.1) is 85.2 Å². The summed E-state index contributed by atoms with van der Waals surface area (Å²) in [4.78, 5) is 22.6. The van der Waals surface area contributed by atoms with E-state index >= 15 is 0 Å². The van der Waals surface area contributed by atoms with Gasteiger partial charge in [-0.2, -0.15) is 0 Å². The number of hydrogen-bond donors (Lipinski definition) is 0. The molecule has 0 heterocycles. The highest BCUT2D eigenvalue weighted by Crippen LogP contribution is 2.14. The topological polar surface area (TPSA) is 108 Å². The number of benzene rings is 1. The molecule has 0 aliphatic rings. The van der Waals surface area contributed by atoms with Crippen LogP contribution in [-0.4, -0.2) is 105 Å². The van der Waals surface area contributed by atoms with E-state index in [0.717, 1.165) is 32.0 Å². The summed E-state index contributed by atoms with van der Waals surface area (Å²) in [5.41, 5.74) is 0.618. The number of carbonyl (C=O) groups excluding carboxylic acids is 2. The molecule has 10 heteroatoms. The van der Waals surface area contributed by atoms with Crippen molar-refractivity contribution in [1.29, 1.82) is 0 Å². The van der Waals surface area contributed by atoms with Crippen molar-refractivity contribution in [1.82, 2.24) is 0 Å². The summed E-state index contributed by atoms with van der Waals surface area (Å²) >= 11 is 0. The van der Waals surface area contributed by atoms with E-state index in [2.05, 4.69) is 6.92 Å². The van der Waals surface area contributed by atoms with Crippen LogP contribution in [0.5, 0.6) is 5.75 Å². The van der Waals surface area contributed by atoms with Gasteiger partial charge in [-0.3, -0.25) is 9.59 Å². The zero-order valence-electron chi connectivity index (χ0n) is 23.8. The van der Waals surface area contributed by atoms with Gasteiger partial charge in [0.2, 0.25) is 0 Å². The molecule has 224 valence electrons. The van der Waals surface area contributed by atoms with Gasteiger partial charge in [0, 0.05) is 5.56 Å². The summed E-state index contributed by atoms with van der Waals surface area (Å²) in [6.07, 6.45) is 4.63. The van der Waals surface area contributed by atoms with Crippen molar-refractivity contribution < 1.29 is 47.5 Å². The van der Waals surface area contributed by atoms with Gasteiger partial charge in [-0.25, -0.2) is 0 Å². The fourth-order valence-electron chi connectivity index (χ4n) is 3.32. The minimum Gasteiger partial charge on any atom is -0.491 e. The van der Waals surface area contributed by atoms with E-state index in [-0.39, 0.29) is 18.5 Å². The fourth-order valence-corrected chi connectivity index (χ4v) is 3.32. The van der Waals surface area contributed by atoms with Crippen molar-refractivity contribution in [2.45, 2.75) is 39.5 Å². The van der Waals surface area contributed by atoms with Gasteiger partial charge in [-0.1, -0.05) is 26.7 Å². The van der Waals surface area contributed by atoms with Gasteiger partial charge in [0.15, 0.2) is 0 Å². The van der Waals surface area contributed by atoms with Crippen LogP contribution >= 0.6 is 0 Å². The molecule has 0 radical (unpaired) electrons. The molecule has 39 heavy (non-hydrogen) atoms. The van der Waals surface area contributed by atoms with Crippen LogP contribution in [0.4, 0.5) is 0 Å². The third-order valence-electron chi connectivity index (χ3n) is 5.58. The average molecular weight is 557 g/mol. The molecule has 1 aromatic carbocycles. The minimum atomic E-state index is -0.121. The normalized spacial score (nSPS) is 11.8. The first kappa shape index (κ1) is 34.9. The third kappa shape index (κ3) is 20.5. The first-order valence-electron chi connectivity index (χ1n) is 14.0. The molecule has 1 aromatic rings. The highest BCUT2D eigenvalue weighted by Gasteiger charge is 2.16. The Hall–Kier alpha value is -2.08. The predicted molar refractivity (Wildman–Crippen MR) is 147 cm³/mol. The molecule has 0 N–H and O–H groups in total. The summed E-state index contributed by atoms with van der Waals surface area (Å²) in [6, 6.07) is 6.93. The molecular formula is C29H48O10. The second kappa shape index (κ2) is 26.2. The van der Waals surface area contributed by atoms with E-state index in [1.807, 2.05) is 6.92 Å². The zero-order chi connectivity index (χ0) is 28.2. The van der Waals surface area contributed by atoms with Crippen LogP contribution in [-0.2, 0) is 38.0 Å². The van der Waals surface area contributed by atoms with Crippen LogP contribution in [0.15, 0.2) is 24.3 Å². The standard InChI is InChI=1S/C29H48O10/c1-3-5-6-27(4-2)29(31)39-24-22-37-20-18-35-16-14-33-12-11-32-13-15-34-17-19-36-21-23-38-28-9-7-26(25-30)8-10-28/h7-10,25,27H,3-6,11-24H2,1-2H3. The lowest BCUT2D eigenvalue weighted by Gasteiger charge is -2.13. The average Bonchev–Trinajstić information content (AvgIpc) is 2.96. The Kier molecular flexibility index (Phi) is 23.4. The van der Waals surface area contributed by atoms with Gasteiger partial charge in [0.1, 0.15) is 25.2 Å². The summed E-state index contributed by atoms with van der Waals surface area (Å²) in [5, 5.41) is 0. The van der Waals surface area contributed by atoms with Gasteiger partial charge < -0.3 is 37.9 Å². The van der Waals surface area contributed by atoms with E-state index in [1.165, 1.54) is 0 Å². The minimum absolute atomic E-state index is 0.00294. The molecular weight excluding hydrogens is 508 g/mol. The Labute approximate surface area is 233 Å². The van der Waals surface area contributed by atoms with Gasteiger partial charge in [-0.05, 0) is 37.1 Å². The smallest absolute Gasteiger partial charge is 0.308 e. The second-order valence-electron chi connectivity index (χ2n) is 8.62. The van der Waals surface area contributed by atoms with E-state index in [0.29, 0.717) is 97.2 Å². The molecule has 1 rings (SSSR count). The lowest BCUT2D eigenvalue weighted by atomic mass is 10.00. The molecule has 0 bridgehead atoms. The highest BCUT2D eigenvalue weighted by molar-refractivity contribution is 5.74. The molecule has 0 amide bonds. The Balaban J connectivity index is 1.74. The second-order valence-corrected chi connectivity index (χ2v) is 8.62. The monoisotopic (exact) mass is 556 g/mol. The number of aldehydes is 1. The lowest BCUT2D eigenvalue weighted by Crippen LogP contribution is -2.20. The summed E-state index contributed by atoms with van der Waals surface area (Å²) in [7, 11) is 0. The maximum atomic E-state index is 12.0. The van der Waals surface area contributed by atoms with Gasteiger partial charge >= 0.3 is 5.97 Å². The Morgan fingerprint density at radius 2 is 1.10 bits per heavy atom. The van der Waals surface area contributed by atoms with Crippen molar-refractivity contribution in [3.63, 3.8) is 0 Å². The molecule has 0 saturated heterocycles. The van der Waals surface area contributed by atoms with Crippen LogP contribution in [0.2, 0.25) is 0 Å². The van der Waals surface area contributed by atoms with Crippen LogP contribution in [0.3, 0.4) is 0 Å². The number of ether oxygens (including phenoxy) is 8. The van der Waals surface area contributed by atoms with Crippen LogP contribution in [0.25, 0.3) is 0 Å². The van der Waals surface area contributed by atoms with Crippen LogP contribution in [0, 0.1) is 5.92 Å². The Bertz CT molecular complexity index is 698. The summed E-state index contributed by atoms with van der Waals surface area (Å²) < 4.78 is 43.5. The number of rotatable bonds is 28. The quantitative estimate of drug-likeness (QED) is 0.0860. The first-order chi connectivity index (χ1) is 19.2. The summed E-state index contributed by atoms with van der Waals surface area (Å²) in [6.45, 7) is 10.5. The van der Waals surface area contributed by atoms with Gasteiger partial charge in [0.25, 0.3) is 0 Å². The van der Waals surface area contributed by atoms with E-state index in [9.17, 15) is 9.59 Å². The molecule has 1 unspecified atom stereocenters. The molecule has 0 aliphatic carbocycles. The predicted octanol–water partition coefficient (Wildman–Crippen LogP) is 3.74. The lowest BCUT2D eigenvalue weighted by molar-refractivity contribution is -0.150. The molecule has 10 nitrogen and oxygen atoms in total. The highest BCUT2D eigenvalue weighted by atomic mass is 16.6. The zero-order valence-corrected chi connectivity index (χ0v) is 23.8. The Morgan fingerprint density at radius 3 is 1.51 bits per heavy atom. The maximum Gasteiger partial charge on any atom is 0.308 e. The Morgan fingerprint density at radius 1 is 0.667 bits per heavy atom. The number of hydrogen-bond acceptors (Lipinski definition) is 10. The molecule has 1 atom stereocenters. The third-order valence-corrected chi connectivity index (χ3v) is 5.58. The maximum absolute atomic E-state index is 12.0. The van der Waals surface area contributed by atoms with Crippen molar-refractivity contribution in [3.8, 4) is 5.75 Å².